The summed E-state index contributed by atoms with van der Waals surface area (Å²) in [6, 6.07) is 15.7. The molecule has 0 saturated heterocycles. The van der Waals surface area contributed by atoms with Crippen molar-refractivity contribution in [2.45, 2.75) is 0 Å². The summed E-state index contributed by atoms with van der Waals surface area (Å²) in [5, 5.41) is 11.8. The molecule has 2 aromatic carbocycles. The molecular weight excluding hydrogens is 388 g/mol. The van der Waals surface area contributed by atoms with Gasteiger partial charge in [0.2, 0.25) is 11.6 Å². The number of fused-ring (bicyclic) bond motifs is 1. The van der Waals surface area contributed by atoms with Crippen molar-refractivity contribution in [1.82, 2.24) is 15.0 Å². The average molecular weight is 404 g/mol. The maximum atomic E-state index is 11.3. The minimum Gasteiger partial charge on any atom is -0.493 e. The van der Waals surface area contributed by atoms with Gasteiger partial charge in [-0.05, 0) is 28.1 Å². The maximum Gasteiger partial charge on any atom is 0.406 e. The lowest BCUT2D eigenvalue weighted by Crippen LogP contribution is -2.00. The Balaban J connectivity index is 1.95. The summed E-state index contributed by atoms with van der Waals surface area (Å²) in [7, 11) is 3.04. The van der Waals surface area contributed by atoms with Crippen LogP contribution >= 0.6 is 0 Å². The van der Waals surface area contributed by atoms with Gasteiger partial charge in [-0.15, -0.1) is 0 Å². The first-order valence-electron chi connectivity index (χ1n) is 8.87. The van der Waals surface area contributed by atoms with Gasteiger partial charge in [0.15, 0.2) is 17.3 Å². The van der Waals surface area contributed by atoms with E-state index in [1.165, 1.54) is 26.5 Å². The lowest BCUT2D eigenvalue weighted by molar-refractivity contribution is -0.390. The Labute approximate surface area is 171 Å². The summed E-state index contributed by atoms with van der Waals surface area (Å²) in [5.41, 5.74) is 1.29. The molecule has 4 rings (SSSR count). The molecule has 2 aromatic heterocycles. The van der Waals surface area contributed by atoms with Crippen LogP contribution in [-0.2, 0) is 0 Å². The fraction of sp³-hybridized carbons (Fsp3) is 0.0952. The van der Waals surface area contributed by atoms with Gasteiger partial charge in [0.1, 0.15) is 6.20 Å². The van der Waals surface area contributed by atoms with Crippen LogP contribution in [-0.4, -0.2) is 34.1 Å². The molecule has 0 radical (unpaired) electrons. The number of ether oxygens (including phenoxy) is 3. The van der Waals surface area contributed by atoms with Crippen LogP contribution in [0.4, 0.5) is 5.82 Å². The monoisotopic (exact) mass is 404 g/mol. The topological polar surface area (TPSA) is 110 Å². The molecule has 4 aromatic rings. The number of benzene rings is 2. The molecule has 0 atom stereocenters. The molecule has 2 heterocycles. The molecule has 30 heavy (non-hydrogen) atoms. The molecule has 9 heteroatoms. The first kappa shape index (κ1) is 19.1. The number of methoxy groups -OCH3 is 2. The number of pyridine rings is 1. The number of aromatic nitrogens is 3. The number of nitrogens with zero attached hydrogens (tertiary/aromatic N) is 4. The molecule has 0 aliphatic carbocycles. The standard InChI is InChI=1S/C21H16N4O5/c1-28-17-11-14-15(12-18(17)29-2)23-19(13-7-4-3-5-8-13)24-21(14)30-16-9-6-10-22-20(16)25(26)27/h3-12H,1-2H3. The second-order valence-corrected chi connectivity index (χ2v) is 6.13. The van der Waals surface area contributed by atoms with Crippen molar-refractivity contribution in [3.63, 3.8) is 0 Å². The number of hydrogen-bond donors (Lipinski definition) is 0. The zero-order valence-electron chi connectivity index (χ0n) is 16.1. The van der Waals surface area contributed by atoms with Gasteiger partial charge in [0.25, 0.3) is 0 Å². The molecule has 0 fully saturated rings. The van der Waals surface area contributed by atoms with Crippen LogP contribution in [0.1, 0.15) is 0 Å². The van der Waals surface area contributed by atoms with Crippen LogP contribution in [0.15, 0.2) is 60.8 Å². The number of nitro groups is 1. The van der Waals surface area contributed by atoms with Crippen molar-refractivity contribution < 1.29 is 19.1 Å². The Hall–Kier alpha value is -4.27. The largest absolute Gasteiger partial charge is 0.493 e. The molecule has 0 unspecified atom stereocenters. The van der Waals surface area contributed by atoms with E-state index >= 15 is 0 Å². The van der Waals surface area contributed by atoms with E-state index in [1.54, 1.807) is 18.2 Å². The summed E-state index contributed by atoms with van der Waals surface area (Å²) >= 11 is 0. The van der Waals surface area contributed by atoms with Crippen molar-refractivity contribution in [2.75, 3.05) is 14.2 Å². The van der Waals surface area contributed by atoms with Gasteiger partial charge in [-0.2, -0.15) is 4.98 Å². The Morgan fingerprint density at radius 3 is 2.33 bits per heavy atom. The quantitative estimate of drug-likeness (QED) is 0.343. The van der Waals surface area contributed by atoms with Crippen molar-refractivity contribution in [3.8, 4) is 34.5 Å². The third kappa shape index (κ3) is 3.55. The number of hydrogen-bond acceptors (Lipinski definition) is 8. The third-order valence-electron chi connectivity index (χ3n) is 4.33. The number of rotatable bonds is 6. The van der Waals surface area contributed by atoms with E-state index in [9.17, 15) is 10.1 Å². The van der Waals surface area contributed by atoms with E-state index in [1.807, 2.05) is 30.3 Å². The molecule has 0 aliphatic rings. The Morgan fingerprint density at radius 2 is 1.63 bits per heavy atom. The lowest BCUT2D eigenvalue weighted by Gasteiger charge is -2.13. The molecular formula is C21H16N4O5. The van der Waals surface area contributed by atoms with Gasteiger partial charge in [-0.25, -0.2) is 4.98 Å². The van der Waals surface area contributed by atoms with Crippen LogP contribution in [0.5, 0.6) is 23.1 Å². The van der Waals surface area contributed by atoms with E-state index in [0.29, 0.717) is 28.2 Å². The highest BCUT2D eigenvalue weighted by Gasteiger charge is 2.21. The Kier molecular flexibility index (Phi) is 5.08. The molecule has 0 bridgehead atoms. The van der Waals surface area contributed by atoms with Gasteiger partial charge >= 0.3 is 5.82 Å². The molecule has 0 N–H and O–H groups in total. The second kappa shape index (κ2) is 8.00. The van der Waals surface area contributed by atoms with Crippen molar-refractivity contribution in [1.29, 1.82) is 0 Å². The second-order valence-electron chi connectivity index (χ2n) is 6.13. The van der Waals surface area contributed by atoms with Gasteiger partial charge in [-0.3, -0.25) is 0 Å². The average Bonchev–Trinajstić information content (AvgIpc) is 2.78. The zero-order valence-corrected chi connectivity index (χ0v) is 16.1. The summed E-state index contributed by atoms with van der Waals surface area (Å²) in [4.78, 5) is 23.6. The molecule has 0 spiro atoms. The van der Waals surface area contributed by atoms with Gasteiger partial charge in [0.05, 0.1) is 25.1 Å². The summed E-state index contributed by atoms with van der Waals surface area (Å²) in [5.74, 6) is 1.03. The highest BCUT2D eigenvalue weighted by Crippen LogP contribution is 2.38. The Morgan fingerprint density at radius 1 is 0.900 bits per heavy atom. The fourth-order valence-corrected chi connectivity index (χ4v) is 2.92. The van der Waals surface area contributed by atoms with Crippen LogP contribution in [0.2, 0.25) is 0 Å². The van der Waals surface area contributed by atoms with Crippen LogP contribution in [0.3, 0.4) is 0 Å². The van der Waals surface area contributed by atoms with Crippen molar-refractivity contribution >= 4 is 16.7 Å². The molecule has 0 amide bonds. The normalized spacial score (nSPS) is 10.6. The summed E-state index contributed by atoms with van der Waals surface area (Å²) in [6.45, 7) is 0. The first-order chi connectivity index (χ1) is 14.6. The summed E-state index contributed by atoms with van der Waals surface area (Å²) in [6.07, 6.45) is 1.33. The van der Waals surface area contributed by atoms with Crippen LogP contribution in [0.25, 0.3) is 22.3 Å². The zero-order chi connectivity index (χ0) is 21.1. The van der Waals surface area contributed by atoms with E-state index < -0.39 is 10.7 Å². The molecule has 0 saturated carbocycles. The summed E-state index contributed by atoms with van der Waals surface area (Å²) < 4.78 is 16.6. The van der Waals surface area contributed by atoms with E-state index in [-0.39, 0.29) is 11.6 Å². The Bertz CT molecular complexity index is 1230. The predicted molar refractivity (Wildman–Crippen MR) is 109 cm³/mol. The minimum absolute atomic E-state index is 0.0312. The van der Waals surface area contributed by atoms with E-state index in [0.717, 1.165) is 5.56 Å². The van der Waals surface area contributed by atoms with Gasteiger partial charge in [-0.1, -0.05) is 30.3 Å². The van der Waals surface area contributed by atoms with E-state index in [4.69, 9.17) is 14.2 Å². The van der Waals surface area contributed by atoms with E-state index in [2.05, 4.69) is 15.0 Å². The molecule has 0 aliphatic heterocycles. The van der Waals surface area contributed by atoms with Gasteiger partial charge < -0.3 is 24.3 Å². The predicted octanol–water partition coefficient (Wildman–Crippen LogP) is 4.41. The van der Waals surface area contributed by atoms with Gasteiger partial charge in [0, 0.05) is 11.6 Å². The van der Waals surface area contributed by atoms with Crippen LogP contribution < -0.4 is 14.2 Å². The first-order valence-corrected chi connectivity index (χ1v) is 8.87. The lowest BCUT2D eigenvalue weighted by atomic mass is 10.1. The third-order valence-corrected chi connectivity index (χ3v) is 4.33. The van der Waals surface area contributed by atoms with Crippen molar-refractivity contribution in [3.05, 3.63) is 70.9 Å². The molecule has 9 nitrogen and oxygen atoms in total. The van der Waals surface area contributed by atoms with Crippen molar-refractivity contribution in [2.24, 2.45) is 0 Å². The van der Waals surface area contributed by atoms with Crippen LogP contribution in [0, 0.1) is 10.1 Å². The smallest absolute Gasteiger partial charge is 0.406 e. The molecule has 150 valence electrons. The minimum atomic E-state index is -0.611. The SMILES string of the molecule is COc1cc2nc(-c3ccccc3)nc(Oc3cccnc3[N+](=O)[O-])c2cc1OC. The maximum absolute atomic E-state index is 11.3. The fourth-order valence-electron chi connectivity index (χ4n) is 2.92. The highest BCUT2D eigenvalue weighted by atomic mass is 16.6. The highest BCUT2D eigenvalue weighted by molar-refractivity contribution is 5.88.